The van der Waals surface area contributed by atoms with Crippen LogP contribution in [0.4, 0.5) is 0 Å². The van der Waals surface area contributed by atoms with Crippen molar-refractivity contribution in [1.82, 2.24) is 5.32 Å². The maximum Gasteiger partial charge on any atom is 0.0507 e. The summed E-state index contributed by atoms with van der Waals surface area (Å²) in [5, 5.41) is 3.25. The average molecular weight is 128 g/mol. The summed E-state index contributed by atoms with van der Waals surface area (Å²) in [5.41, 5.74) is 0. The Hall–Kier alpha value is -0.370. The molecule has 0 unspecified atom stereocenters. The summed E-state index contributed by atoms with van der Waals surface area (Å²) in [7, 11) is 0. The first-order chi connectivity index (χ1) is 4.41. The van der Waals surface area contributed by atoms with E-state index in [0.29, 0.717) is 0 Å². The van der Waals surface area contributed by atoms with Crippen LogP contribution >= 0.6 is 0 Å². The number of nitrogens with one attached hydrogen (secondary N) is 1. The van der Waals surface area contributed by atoms with Crippen LogP contribution in [0.5, 0.6) is 0 Å². The molecular weight excluding hydrogens is 112 g/mol. The third-order valence-electron chi connectivity index (χ3n) is 1.15. The molecule has 9 heavy (non-hydrogen) atoms. The summed E-state index contributed by atoms with van der Waals surface area (Å²) in [6, 6.07) is 0. The van der Waals surface area contributed by atoms with Crippen molar-refractivity contribution in [3.63, 3.8) is 0 Å². The number of unbranched alkanes of at least 4 members (excludes halogenated alkanes) is 1. The highest BCUT2D eigenvalue weighted by Crippen LogP contribution is 1.80. The summed E-state index contributed by atoms with van der Waals surface area (Å²) >= 11 is 0. The van der Waals surface area contributed by atoms with Crippen molar-refractivity contribution < 1.29 is 0 Å². The first-order valence-corrected chi connectivity index (χ1v) is 3.55. The largest absolute Gasteiger partial charge is 0.315 e. The zero-order valence-corrected chi connectivity index (χ0v) is 6.19. The van der Waals surface area contributed by atoms with E-state index in [9.17, 15) is 0 Å². The van der Waals surface area contributed by atoms with Crippen molar-refractivity contribution in [2.45, 2.75) is 19.8 Å². The van der Waals surface area contributed by atoms with Crippen LogP contribution in [0.25, 0.3) is 0 Å². The highest BCUT2D eigenvalue weighted by Gasteiger charge is 1.82. The van der Waals surface area contributed by atoms with Crippen LogP contribution in [0.3, 0.4) is 0 Å². The first-order valence-electron chi connectivity index (χ1n) is 3.55. The fourth-order valence-electron chi connectivity index (χ4n) is 0.585. The average Bonchev–Trinajstić information content (AvgIpc) is 1.89. The smallest absolute Gasteiger partial charge is 0.0507 e. The second kappa shape index (κ2) is 7.63. The fraction of sp³-hybridized carbons (Fsp3) is 0.857. The molecule has 0 radical (unpaired) electrons. The van der Waals surface area contributed by atoms with Gasteiger partial charge in [0, 0.05) is 6.54 Å². The molecule has 0 fully saturated rings. The summed E-state index contributed by atoms with van der Waals surface area (Å²) in [6.07, 6.45) is 2.52. The molecule has 0 aliphatic carbocycles. The molecule has 0 bridgehead atoms. The fourth-order valence-corrected chi connectivity index (χ4v) is 0.585. The molecule has 0 spiro atoms. The van der Waals surface area contributed by atoms with E-state index in [4.69, 9.17) is 0 Å². The van der Waals surface area contributed by atoms with Gasteiger partial charge in [0.2, 0.25) is 0 Å². The molecule has 0 saturated carbocycles. The van der Waals surface area contributed by atoms with Crippen LogP contribution < -0.4 is 5.32 Å². The predicted octanol–water partition coefficient (Wildman–Crippen LogP) is 1.08. The number of hydrogen-bond acceptors (Lipinski definition) is 2. The van der Waals surface area contributed by atoms with Gasteiger partial charge in [-0.15, -0.1) is 0 Å². The topological polar surface area (TPSA) is 24.4 Å². The van der Waals surface area contributed by atoms with Crippen molar-refractivity contribution in [3.05, 3.63) is 0 Å². The molecule has 0 aromatic carbocycles. The van der Waals surface area contributed by atoms with E-state index in [1.54, 1.807) is 0 Å². The van der Waals surface area contributed by atoms with E-state index in [0.717, 1.165) is 19.6 Å². The van der Waals surface area contributed by atoms with Crippen LogP contribution in [0.15, 0.2) is 4.99 Å². The lowest BCUT2D eigenvalue weighted by atomic mass is 10.3. The molecule has 54 valence electrons. The van der Waals surface area contributed by atoms with Crippen LogP contribution in [0.2, 0.25) is 0 Å². The Morgan fingerprint density at radius 3 is 2.78 bits per heavy atom. The van der Waals surface area contributed by atoms with Gasteiger partial charge in [-0.2, -0.15) is 0 Å². The molecule has 0 heterocycles. The van der Waals surface area contributed by atoms with Gasteiger partial charge in [0.15, 0.2) is 0 Å². The molecule has 0 aliphatic rings. The standard InChI is InChI=1S/C7H16N2/c1-3-4-5-9-7-6-8-2/h9H,2-7H2,1H3. The van der Waals surface area contributed by atoms with E-state index in [1.807, 2.05) is 0 Å². The summed E-state index contributed by atoms with van der Waals surface area (Å²) in [4.78, 5) is 3.72. The molecule has 0 amide bonds. The van der Waals surface area contributed by atoms with Crippen molar-refractivity contribution >= 4 is 6.72 Å². The number of aliphatic imine (C=N–C) groups is 1. The first kappa shape index (κ1) is 8.63. The third-order valence-corrected chi connectivity index (χ3v) is 1.15. The Labute approximate surface area is 57.4 Å². The lowest BCUT2D eigenvalue weighted by Gasteiger charge is -1.98. The van der Waals surface area contributed by atoms with E-state index in [1.165, 1.54) is 12.8 Å². The van der Waals surface area contributed by atoms with E-state index < -0.39 is 0 Å². The quantitative estimate of drug-likeness (QED) is 0.420. The maximum absolute atomic E-state index is 3.72. The van der Waals surface area contributed by atoms with Gasteiger partial charge in [-0.1, -0.05) is 13.3 Å². The molecule has 1 N–H and O–H groups in total. The molecule has 0 aromatic heterocycles. The van der Waals surface area contributed by atoms with E-state index >= 15 is 0 Å². The van der Waals surface area contributed by atoms with Crippen LogP contribution in [0, 0.1) is 0 Å². The van der Waals surface area contributed by atoms with Gasteiger partial charge in [0.05, 0.1) is 6.54 Å². The van der Waals surface area contributed by atoms with Gasteiger partial charge in [-0.05, 0) is 19.7 Å². The minimum atomic E-state index is 0.837. The maximum atomic E-state index is 3.72. The van der Waals surface area contributed by atoms with Crippen molar-refractivity contribution in [2.75, 3.05) is 19.6 Å². The summed E-state index contributed by atoms with van der Waals surface area (Å²) < 4.78 is 0. The molecule has 2 heteroatoms. The van der Waals surface area contributed by atoms with Gasteiger partial charge >= 0.3 is 0 Å². The van der Waals surface area contributed by atoms with Gasteiger partial charge in [0.25, 0.3) is 0 Å². The van der Waals surface area contributed by atoms with Gasteiger partial charge in [-0.3, -0.25) is 4.99 Å². The van der Waals surface area contributed by atoms with E-state index in [2.05, 4.69) is 24.0 Å². The Bertz CT molecular complexity index is 61.9. The zero-order valence-electron chi connectivity index (χ0n) is 6.19. The Kier molecular flexibility index (Phi) is 7.32. The number of rotatable bonds is 6. The second-order valence-electron chi connectivity index (χ2n) is 2.05. The minimum absolute atomic E-state index is 0.837. The summed E-state index contributed by atoms with van der Waals surface area (Å²) in [6.45, 7) is 8.51. The monoisotopic (exact) mass is 128 g/mol. The van der Waals surface area contributed by atoms with Crippen molar-refractivity contribution in [3.8, 4) is 0 Å². The summed E-state index contributed by atoms with van der Waals surface area (Å²) in [5.74, 6) is 0. The Morgan fingerprint density at radius 1 is 1.44 bits per heavy atom. The third kappa shape index (κ3) is 7.63. The normalized spacial score (nSPS) is 9.44. The Morgan fingerprint density at radius 2 is 2.22 bits per heavy atom. The highest BCUT2D eigenvalue weighted by atomic mass is 14.9. The van der Waals surface area contributed by atoms with Gasteiger partial charge < -0.3 is 5.32 Å². The Balaban J connectivity index is 2.66. The van der Waals surface area contributed by atoms with Crippen LogP contribution in [-0.4, -0.2) is 26.4 Å². The number of hydrogen-bond donors (Lipinski definition) is 1. The van der Waals surface area contributed by atoms with Gasteiger partial charge in [0.1, 0.15) is 0 Å². The molecule has 0 saturated heterocycles. The molecule has 0 aromatic rings. The predicted molar refractivity (Wildman–Crippen MR) is 42.2 cm³/mol. The molecule has 2 nitrogen and oxygen atoms in total. The molecular formula is C7H16N2. The van der Waals surface area contributed by atoms with Gasteiger partial charge in [-0.25, -0.2) is 0 Å². The second-order valence-corrected chi connectivity index (χ2v) is 2.05. The van der Waals surface area contributed by atoms with E-state index in [-0.39, 0.29) is 0 Å². The molecule has 0 rings (SSSR count). The number of nitrogens with zero attached hydrogens (tertiary/aromatic N) is 1. The lowest BCUT2D eigenvalue weighted by molar-refractivity contribution is 0.646. The van der Waals surface area contributed by atoms with Crippen molar-refractivity contribution in [2.24, 2.45) is 4.99 Å². The van der Waals surface area contributed by atoms with Crippen molar-refractivity contribution in [1.29, 1.82) is 0 Å². The van der Waals surface area contributed by atoms with Crippen LogP contribution in [-0.2, 0) is 0 Å². The lowest BCUT2D eigenvalue weighted by Crippen LogP contribution is -2.18. The SMILES string of the molecule is C=NCCNCCCC. The molecule has 0 atom stereocenters. The highest BCUT2D eigenvalue weighted by molar-refractivity contribution is 5.23. The van der Waals surface area contributed by atoms with Crippen LogP contribution in [0.1, 0.15) is 19.8 Å². The zero-order chi connectivity index (χ0) is 6.95. The molecule has 0 aliphatic heterocycles. The minimum Gasteiger partial charge on any atom is -0.315 e.